The first-order chi connectivity index (χ1) is 7.38. The van der Waals surface area contributed by atoms with E-state index in [4.69, 9.17) is 10.3 Å². The summed E-state index contributed by atoms with van der Waals surface area (Å²) in [5.74, 6) is 0.251. The van der Waals surface area contributed by atoms with Crippen LogP contribution in [0.15, 0.2) is 4.99 Å². The molecule has 2 aliphatic rings. The van der Waals surface area contributed by atoms with Crippen molar-refractivity contribution in [3.8, 4) is 6.07 Å². The third kappa shape index (κ3) is 3.06. The van der Waals surface area contributed by atoms with Gasteiger partial charge in [-0.25, -0.2) is 0 Å². The maximum absolute atomic E-state index is 8.91. The fraction of sp³-hybridized carbons (Fsp3) is 0.846. The highest BCUT2D eigenvalue weighted by atomic mass is 14.8. The molecule has 2 rings (SSSR count). The van der Waals surface area contributed by atoms with E-state index in [2.05, 4.69) is 6.07 Å². The van der Waals surface area contributed by atoms with Crippen LogP contribution >= 0.6 is 0 Å². The Bertz CT molecular complexity index is 269. The second kappa shape index (κ2) is 5.30. The van der Waals surface area contributed by atoms with Crippen molar-refractivity contribution < 1.29 is 0 Å². The van der Waals surface area contributed by atoms with Crippen LogP contribution in [0.25, 0.3) is 0 Å². The summed E-state index contributed by atoms with van der Waals surface area (Å²) in [5.41, 5.74) is 1.33. The van der Waals surface area contributed by atoms with Crippen LogP contribution in [0.1, 0.15) is 57.8 Å². The number of hydrogen-bond donors (Lipinski definition) is 0. The summed E-state index contributed by atoms with van der Waals surface area (Å²) in [6.07, 6.45) is 11.0. The number of aliphatic imine (C=N–C) groups is 1. The Morgan fingerprint density at radius 1 is 1.07 bits per heavy atom. The summed E-state index contributed by atoms with van der Waals surface area (Å²) in [6.45, 7) is 0. The molecule has 0 N–H and O–H groups in total. The average Bonchev–Trinajstić information content (AvgIpc) is 2.31. The van der Waals surface area contributed by atoms with Gasteiger partial charge in [-0.05, 0) is 32.1 Å². The van der Waals surface area contributed by atoms with Crippen molar-refractivity contribution in [2.24, 2.45) is 10.9 Å². The van der Waals surface area contributed by atoms with Gasteiger partial charge < -0.3 is 0 Å². The predicted molar refractivity (Wildman–Crippen MR) is 61.9 cm³/mol. The van der Waals surface area contributed by atoms with Gasteiger partial charge in [-0.1, -0.05) is 19.3 Å². The van der Waals surface area contributed by atoms with Gasteiger partial charge in [-0.15, -0.1) is 0 Å². The molecule has 0 heterocycles. The number of hydrogen-bond acceptors (Lipinski definition) is 2. The molecule has 2 saturated carbocycles. The van der Waals surface area contributed by atoms with E-state index >= 15 is 0 Å². The van der Waals surface area contributed by atoms with Crippen LogP contribution in [0.4, 0.5) is 0 Å². The Labute approximate surface area is 92.4 Å². The molecule has 2 nitrogen and oxygen atoms in total. The van der Waals surface area contributed by atoms with Crippen LogP contribution in [-0.2, 0) is 0 Å². The summed E-state index contributed by atoms with van der Waals surface area (Å²) in [7, 11) is 0. The Morgan fingerprint density at radius 3 is 2.60 bits per heavy atom. The van der Waals surface area contributed by atoms with Gasteiger partial charge in [0.05, 0.1) is 12.0 Å². The predicted octanol–water partition coefficient (Wildman–Crippen LogP) is 3.47. The minimum Gasteiger partial charge on any atom is -0.291 e. The van der Waals surface area contributed by atoms with Crippen LogP contribution in [-0.4, -0.2) is 11.8 Å². The molecule has 0 bridgehead atoms. The minimum absolute atomic E-state index is 0.251. The SMILES string of the molecule is N#CC1CCC/C(=N\C2CCCCC2)C1. The summed E-state index contributed by atoms with van der Waals surface area (Å²) >= 11 is 0. The van der Waals surface area contributed by atoms with Gasteiger partial charge in [0.15, 0.2) is 0 Å². The highest BCUT2D eigenvalue weighted by molar-refractivity contribution is 5.85. The lowest BCUT2D eigenvalue weighted by molar-refractivity contribution is 0.439. The molecule has 0 aromatic rings. The maximum Gasteiger partial charge on any atom is 0.0659 e. The molecule has 0 saturated heterocycles. The van der Waals surface area contributed by atoms with E-state index in [0.29, 0.717) is 6.04 Å². The first-order valence-electron chi connectivity index (χ1n) is 6.33. The topological polar surface area (TPSA) is 36.1 Å². The third-order valence-electron chi connectivity index (χ3n) is 3.62. The lowest BCUT2D eigenvalue weighted by Gasteiger charge is -2.22. The molecule has 0 amide bonds. The molecular weight excluding hydrogens is 184 g/mol. The fourth-order valence-electron chi connectivity index (χ4n) is 2.74. The van der Waals surface area contributed by atoms with Gasteiger partial charge in [-0.3, -0.25) is 4.99 Å². The van der Waals surface area contributed by atoms with E-state index in [1.807, 2.05) is 0 Å². The van der Waals surface area contributed by atoms with E-state index in [-0.39, 0.29) is 5.92 Å². The Morgan fingerprint density at radius 2 is 1.87 bits per heavy atom. The van der Waals surface area contributed by atoms with Gasteiger partial charge in [0.2, 0.25) is 0 Å². The lowest BCUT2D eigenvalue weighted by atomic mass is 9.88. The van der Waals surface area contributed by atoms with Crippen LogP contribution < -0.4 is 0 Å². The highest BCUT2D eigenvalue weighted by Crippen LogP contribution is 2.25. The van der Waals surface area contributed by atoms with Crippen molar-refractivity contribution in [1.29, 1.82) is 5.26 Å². The number of nitriles is 1. The van der Waals surface area contributed by atoms with Crippen molar-refractivity contribution in [3.63, 3.8) is 0 Å². The largest absolute Gasteiger partial charge is 0.291 e. The highest BCUT2D eigenvalue weighted by Gasteiger charge is 2.19. The molecule has 0 aromatic heterocycles. The maximum atomic E-state index is 8.91. The molecule has 1 unspecified atom stereocenters. The van der Waals surface area contributed by atoms with Gasteiger partial charge in [0, 0.05) is 18.2 Å². The standard InChI is InChI=1S/C13H20N2/c14-10-11-5-4-8-13(9-11)15-12-6-2-1-3-7-12/h11-12H,1-9H2/b15-13+. The van der Waals surface area contributed by atoms with E-state index < -0.39 is 0 Å². The fourth-order valence-corrected chi connectivity index (χ4v) is 2.74. The van der Waals surface area contributed by atoms with Crippen molar-refractivity contribution in [3.05, 3.63) is 0 Å². The number of rotatable bonds is 1. The first-order valence-corrected chi connectivity index (χ1v) is 6.33. The van der Waals surface area contributed by atoms with E-state index in [1.54, 1.807) is 0 Å². The molecule has 15 heavy (non-hydrogen) atoms. The zero-order valence-electron chi connectivity index (χ0n) is 9.41. The van der Waals surface area contributed by atoms with Gasteiger partial charge >= 0.3 is 0 Å². The van der Waals surface area contributed by atoms with Gasteiger partial charge in [0.1, 0.15) is 0 Å². The van der Waals surface area contributed by atoms with Crippen LogP contribution in [0.2, 0.25) is 0 Å². The lowest BCUT2D eigenvalue weighted by Crippen LogP contribution is -2.18. The average molecular weight is 204 g/mol. The van der Waals surface area contributed by atoms with E-state index in [9.17, 15) is 0 Å². The minimum atomic E-state index is 0.251. The van der Waals surface area contributed by atoms with E-state index in [0.717, 1.165) is 19.3 Å². The Balaban J connectivity index is 1.91. The molecule has 2 aliphatic carbocycles. The second-order valence-corrected chi connectivity index (χ2v) is 4.91. The van der Waals surface area contributed by atoms with Crippen LogP contribution in [0.5, 0.6) is 0 Å². The molecule has 0 aromatic carbocycles. The molecule has 0 spiro atoms. The molecule has 0 radical (unpaired) electrons. The molecule has 2 heteroatoms. The van der Waals surface area contributed by atoms with Crippen LogP contribution in [0, 0.1) is 17.2 Å². The molecule has 1 atom stereocenters. The van der Waals surface area contributed by atoms with Crippen molar-refractivity contribution >= 4 is 5.71 Å². The molecule has 0 aliphatic heterocycles. The molecule has 82 valence electrons. The smallest absolute Gasteiger partial charge is 0.0659 e. The summed E-state index contributed by atoms with van der Waals surface area (Å²) in [4.78, 5) is 4.86. The van der Waals surface area contributed by atoms with Crippen molar-refractivity contribution in [2.75, 3.05) is 0 Å². The summed E-state index contributed by atoms with van der Waals surface area (Å²) < 4.78 is 0. The number of nitrogens with zero attached hydrogens (tertiary/aromatic N) is 2. The zero-order chi connectivity index (χ0) is 10.5. The van der Waals surface area contributed by atoms with Gasteiger partial charge in [-0.2, -0.15) is 5.26 Å². The summed E-state index contributed by atoms with van der Waals surface area (Å²) in [6, 6.07) is 2.98. The van der Waals surface area contributed by atoms with Crippen LogP contribution in [0.3, 0.4) is 0 Å². The monoisotopic (exact) mass is 204 g/mol. The Hall–Kier alpha value is -0.840. The van der Waals surface area contributed by atoms with Gasteiger partial charge in [0.25, 0.3) is 0 Å². The molecular formula is C13H20N2. The third-order valence-corrected chi connectivity index (χ3v) is 3.62. The van der Waals surface area contributed by atoms with Crippen molar-refractivity contribution in [1.82, 2.24) is 0 Å². The Kier molecular flexibility index (Phi) is 3.77. The first kappa shape index (κ1) is 10.7. The normalized spacial score (nSPS) is 31.4. The van der Waals surface area contributed by atoms with E-state index in [1.165, 1.54) is 44.2 Å². The zero-order valence-corrected chi connectivity index (χ0v) is 9.41. The summed E-state index contributed by atoms with van der Waals surface area (Å²) in [5, 5.41) is 8.91. The quantitative estimate of drug-likeness (QED) is 0.644. The second-order valence-electron chi connectivity index (χ2n) is 4.91. The molecule has 2 fully saturated rings. The van der Waals surface area contributed by atoms with Crippen molar-refractivity contribution in [2.45, 2.75) is 63.8 Å².